The molecule has 0 saturated heterocycles. The highest BCUT2D eigenvalue weighted by molar-refractivity contribution is 5.69. The molecule has 24 heavy (non-hydrogen) atoms. The van der Waals surface area contributed by atoms with E-state index in [1.807, 2.05) is 6.92 Å². The van der Waals surface area contributed by atoms with Gasteiger partial charge in [0.1, 0.15) is 6.10 Å². The Morgan fingerprint density at radius 3 is 2.50 bits per heavy atom. The molecule has 2 heteroatoms. The fourth-order valence-electron chi connectivity index (χ4n) is 7.68. The van der Waals surface area contributed by atoms with Crippen LogP contribution in [0.3, 0.4) is 0 Å². The van der Waals surface area contributed by atoms with Crippen molar-refractivity contribution in [1.29, 1.82) is 0 Å². The number of fused-ring (bicyclic) bond motifs is 5. The Labute approximate surface area is 148 Å². The Hall–Kier alpha value is -0.530. The summed E-state index contributed by atoms with van der Waals surface area (Å²) in [5.74, 6) is 3.63. The number of hydrogen-bond acceptors (Lipinski definition) is 2. The Kier molecular flexibility index (Phi) is 4.24. The molecule has 2 nitrogen and oxygen atoms in total. The molecule has 4 aliphatic carbocycles. The van der Waals surface area contributed by atoms with Gasteiger partial charge in [-0.1, -0.05) is 33.6 Å². The van der Waals surface area contributed by atoms with Gasteiger partial charge in [0.25, 0.3) is 0 Å². The van der Waals surface area contributed by atoms with E-state index in [-0.39, 0.29) is 17.5 Å². The number of carbonyl (C=O) groups excluding carboxylic acids is 1. The number of ether oxygens (including phenoxy) is 1. The Morgan fingerprint density at radius 2 is 1.71 bits per heavy atom. The lowest BCUT2D eigenvalue weighted by Gasteiger charge is -2.60. The van der Waals surface area contributed by atoms with Crippen molar-refractivity contribution >= 4 is 5.97 Å². The fraction of sp³-hybridized carbons (Fsp3) is 0.955. The van der Waals surface area contributed by atoms with Crippen LogP contribution in [0.1, 0.15) is 91.4 Å². The zero-order chi connectivity index (χ0) is 16.9. The van der Waals surface area contributed by atoms with E-state index in [4.69, 9.17) is 4.74 Å². The first-order valence-corrected chi connectivity index (χ1v) is 10.7. The van der Waals surface area contributed by atoms with Crippen molar-refractivity contribution < 1.29 is 9.53 Å². The van der Waals surface area contributed by atoms with Gasteiger partial charge in [-0.2, -0.15) is 0 Å². The summed E-state index contributed by atoms with van der Waals surface area (Å²) in [6.45, 7) is 7.00. The van der Waals surface area contributed by atoms with Crippen molar-refractivity contribution in [2.45, 2.75) is 97.5 Å². The predicted octanol–water partition coefficient (Wildman–Crippen LogP) is 5.74. The molecule has 4 fully saturated rings. The van der Waals surface area contributed by atoms with Gasteiger partial charge in [0, 0.05) is 11.8 Å². The van der Waals surface area contributed by atoms with Crippen LogP contribution < -0.4 is 0 Å². The lowest BCUT2D eigenvalue weighted by Crippen LogP contribution is -2.53. The van der Waals surface area contributed by atoms with Crippen LogP contribution in [0.2, 0.25) is 0 Å². The predicted molar refractivity (Wildman–Crippen MR) is 96.5 cm³/mol. The highest BCUT2D eigenvalue weighted by Crippen LogP contribution is 2.66. The van der Waals surface area contributed by atoms with Gasteiger partial charge < -0.3 is 4.74 Å². The van der Waals surface area contributed by atoms with Gasteiger partial charge in [-0.3, -0.25) is 4.79 Å². The summed E-state index contributed by atoms with van der Waals surface area (Å²) in [6, 6.07) is 0. The summed E-state index contributed by atoms with van der Waals surface area (Å²) in [5, 5.41) is 0. The van der Waals surface area contributed by atoms with Crippen LogP contribution in [0, 0.1) is 34.5 Å². The maximum Gasteiger partial charge on any atom is 0.305 e. The molecule has 0 aliphatic heterocycles. The van der Waals surface area contributed by atoms with E-state index >= 15 is 0 Å². The summed E-state index contributed by atoms with van der Waals surface area (Å²) in [4.78, 5) is 11.9. The normalized spacial score (nSPS) is 50.5. The summed E-state index contributed by atoms with van der Waals surface area (Å²) >= 11 is 0. The molecule has 0 unspecified atom stereocenters. The maximum absolute atomic E-state index is 11.9. The van der Waals surface area contributed by atoms with Crippen LogP contribution in [-0.4, -0.2) is 12.1 Å². The van der Waals surface area contributed by atoms with E-state index in [0.717, 1.165) is 30.1 Å². The molecule has 0 radical (unpaired) electrons. The van der Waals surface area contributed by atoms with Crippen LogP contribution in [-0.2, 0) is 9.53 Å². The molecule has 0 N–H and O–H groups in total. The zero-order valence-corrected chi connectivity index (χ0v) is 16.0. The number of esters is 1. The van der Waals surface area contributed by atoms with Crippen molar-refractivity contribution in [1.82, 2.24) is 0 Å². The molecule has 4 saturated carbocycles. The third-order valence-corrected chi connectivity index (χ3v) is 9.06. The van der Waals surface area contributed by atoms with E-state index in [2.05, 4.69) is 13.8 Å². The van der Waals surface area contributed by atoms with Crippen LogP contribution in [0.25, 0.3) is 0 Å². The van der Waals surface area contributed by atoms with Crippen molar-refractivity contribution in [3.8, 4) is 0 Å². The van der Waals surface area contributed by atoms with E-state index < -0.39 is 0 Å². The third kappa shape index (κ3) is 2.38. The maximum atomic E-state index is 11.9. The molecule has 4 rings (SSSR count). The smallest absolute Gasteiger partial charge is 0.305 e. The first kappa shape index (κ1) is 16.9. The Morgan fingerprint density at radius 1 is 0.917 bits per heavy atom. The van der Waals surface area contributed by atoms with Gasteiger partial charge in [-0.25, -0.2) is 0 Å². The molecule has 0 amide bonds. The second kappa shape index (κ2) is 6.02. The van der Waals surface area contributed by atoms with Gasteiger partial charge >= 0.3 is 5.97 Å². The SMILES string of the molecule is CCC(=O)O[C@H]1CC[C@H]2[C@@H]3CC[C@H]4CCCC[C@]4(C)[C@H]3CC[C@]12C. The minimum atomic E-state index is 0.00643. The summed E-state index contributed by atoms with van der Waals surface area (Å²) < 4.78 is 5.91. The first-order chi connectivity index (χ1) is 11.5. The monoisotopic (exact) mass is 332 g/mol. The number of rotatable bonds is 2. The summed E-state index contributed by atoms with van der Waals surface area (Å²) in [7, 11) is 0. The van der Waals surface area contributed by atoms with Gasteiger partial charge in [0.2, 0.25) is 0 Å². The Bertz CT molecular complexity index is 500. The molecule has 0 spiro atoms. The number of hydrogen-bond donors (Lipinski definition) is 0. The van der Waals surface area contributed by atoms with E-state index in [1.165, 1.54) is 57.8 Å². The third-order valence-electron chi connectivity index (χ3n) is 9.06. The second-order valence-electron chi connectivity index (χ2n) is 9.86. The second-order valence-corrected chi connectivity index (χ2v) is 9.86. The van der Waals surface area contributed by atoms with Crippen LogP contribution >= 0.6 is 0 Å². The standard InChI is InChI=1S/C22H36O2/c1-4-20(23)24-19-11-10-17-16-9-8-15-7-5-6-13-21(15,2)18(16)12-14-22(17,19)3/h15-19H,4-14H2,1-3H3/t15-,16+,17+,18+,19+,21+,22+/m1/s1. The van der Waals surface area contributed by atoms with Crippen LogP contribution in [0.15, 0.2) is 0 Å². The van der Waals surface area contributed by atoms with Crippen LogP contribution in [0.4, 0.5) is 0 Å². The molecule has 0 bridgehead atoms. The van der Waals surface area contributed by atoms with Gasteiger partial charge in [-0.15, -0.1) is 0 Å². The van der Waals surface area contributed by atoms with E-state index in [0.29, 0.717) is 11.8 Å². The average Bonchev–Trinajstić information content (AvgIpc) is 2.91. The van der Waals surface area contributed by atoms with Gasteiger partial charge in [0.05, 0.1) is 0 Å². The topological polar surface area (TPSA) is 26.3 Å². The van der Waals surface area contributed by atoms with Crippen molar-refractivity contribution in [3.05, 3.63) is 0 Å². The van der Waals surface area contributed by atoms with Crippen molar-refractivity contribution in [2.75, 3.05) is 0 Å². The van der Waals surface area contributed by atoms with E-state index in [9.17, 15) is 4.79 Å². The van der Waals surface area contributed by atoms with Gasteiger partial charge in [-0.05, 0) is 80.5 Å². The molecule has 0 aromatic rings. The number of carbonyl (C=O) groups is 1. The molecule has 136 valence electrons. The van der Waals surface area contributed by atoms with Crippen LogP contribution in [0.5, 0.6) is 0 Å². The highest BCUT2D eigenvalue weighted by atomic mass is 16.5. The molecule has 0 aromatic heterocycles. The molecule has 7 atom stereocenters. The van der Waals surface area contributed by atoms with Gasteiger partial charge in [0.15, 0.2) is 0 Å². The minimum absolute atomic E-state index is 0.00643. The lowest BCUT2D eigenvalue weighted by atomic mass is 9.45. The van der Waals surface area contributed by atoms with Crippen molar-refractivity contribution in [3.63, 3.8) is 0 Å². The fourth-order valence-corrected chi connectivity index (χ4v) is 7.68. The Balaban J connectivity index is 1.56. The van der Waals surface area contributed by atoms with E-state index in [1.54, 1.807) is 0 Å². The quantitative estimate of drug-likeness (QED) is 0.603. The molecule has 0 heterocycles. The summed E-state index contributed by atoms with van der Waals surface area (Å²) in [5.41, 5.74) is 0.866. The summed E-state index contributed by atoms with van der Waals surface area (Å²) in [6.07, 6.45) is 14.5. The molecular formula is C22H36O2. The molecule has 4 aliphatic rings. The highest BCUT2D eigenvalue weighted by Gasteiger charge is 2.60. The lowest BCUT2D eigenvalue weighted by molar-refractivity contribution is -0.163. The average molecular weight is 333 g/mol. The molecular weight excluding hydrogens is 296 g/mol. The largest absolute Gasteiger partial charge is 0.462 e. The van der Waals surface area contributed by atoms with Crippen molar-refractivity contribution in [2.24, 2.45) is 34.5 Å². The molecule has 0 aromatic carbocycles. The zero-order valence-electron chi connectivity index (χ0n) is 16.0. The first-order valence-electron chi connectivity index (χ1n) is 10.7. The minimum Gasteiger partial charge on any atom is -0.462 e.